The lowest BCUT2D eigenvalue weighted by Gasteiger charge is -2.13. The molecule has 1 aromatic carbocycles. The number of fused-ring (bicyclic) bond motifs is 1. The van der Waals surface area contributed by atoms with Gasteiger partial charge in [-0.2, -0.15) is 0 Å². The van der Waals surface area contributed by atoms with Gasteiger partial charge in [-0.1, -0.05) is 24.3 Å². The second kappa shape index (κ2) is 3.79. The molecule has 2 rings (SSSR count). The fourth-order valence-corrected chi connectivity index (χ4v) is 1.61. The predicted molar refractivity (Wildman–Crippen MR) is 56.6 cm³/mol. The average molecular weight is 197 g/mol. The molecular weight excluding hydrogens is 184 g/mol. The van der Waals surface area contributed by atoms with Gasteiger partial charge in [0.1, 0.15) is 5.84 Å². The molecule has 70 valence electrons. The maximum atomic E-state index is 7.81. The molecule has 3 heteroatoms. The Morgan fingerprint density at radius 2 is 2.08 bits per heavy atom. The molecule has 13 heavy (non-hydrogen) atoms. The Morgan fingerprint density at radius 3 is 2.69 bits per heavy atom. The minimum atomic E-state index is 0. The number of halogens is 1. The second-order valence-corrected chi connectivity index (χ2v) is 3.02. The molecule has 1 heterocycles. The monoisotopic (exact) mass is 196 g/mol. The van der Waals surface area contributed by atoms with Gasteiger partial charge in [-0.25, -0.2) is 0 Å². The summed E-state index contributed by atoms with van der Waals surface area (Å²) in [4.78, 5) is 2.07. The quantitative estimate of drug-likeness (QED) is 0.733. The molecule has 1 aliphatic rings. The lowest BCUT2D eigenvalue weighted by molar-refractivity contribution is 0.452. The Balaban J connectivity index is 0.000000845. The fraction of sp³-hybridized carbons (Fsp3) is 0.300. The third-order valence-electron chi connectivity index (χ3n) is 2.33. The van der Waals surface area contributed by atoms with Crippen molar-refractivity contribution < 1.29 is 0 Å². The third kappa shape index (κ3) is 1.54. The molecule has 0 aliphatic carbocycles. The summed E-state index contributed by atoms with van der Waals surface area (Å²) in [6.07, 6.45) is 0. The largest absolute Gasteiger partial charge is 0.353 e. The van der Waals surface area contributed by atoms with Gasteiger partial charge in [-0.15, -0.1) is 12.4 Å². The number of amidine groups is 1. The van der Waals surface area contributed by atoms with Crippen molar-refractivity contribution in [1.82, 2.24) is 4.90 Å². The number of hydrogen-bond donors (Lipinski definition) is 1. The topological polar surface area (TPSA) is 27.1 Å². The van der Waals surface area contributed by atoms with E-state index in [1.165, 1.54) is 5.56 Å². The summed E-state index contributed by atoms with van der Waals surface area (Å²) in [7, 11) is 0. The molecule has 0 fully saturated rings. The van der Waals surface area contributed by atoms with Gasteiger partial charge >= 0.3 is 0 Å². The molecule has 1 aromatic rings. The van der Waals surface area contributed by atoms with Crippen LogP contribution in [0.5, 0.6) is 0 Å². The number of benzene rings is 1. The number of nitrogens with zero attached hydrogens (tertiary/aromatic N) is 1. The Morgan fingerprint density at radius 1 is 1.38 bits per heavy atom. The first kappa shape index (κ1) is 10.1. The minimum absolute atomic E-state index is 0. The molecule has 0 amide bonds. The van der Waals surface area contributed by atoms with Crippen molar-refractivity contribution in [3.8, 4) is 0 Å². The van der Waals surface area contributed by atoms with Crippen LogP contribution in [-0.2, 0) is 6.54 Å². The van der Waals surface area contributed by atoms with Crippen molar-refractivity contribution in [3.63, 3.8) is 0 Å². The van der Waals surface area contributed by atoms with Crippen molar-refractivity contribution in [3.05, 3.63) is 35.4 Å². The molecule has 0 unspecified atom stereocenters. The van der Waals surface area contributed by atoms with E-state index in [9.17, 15) is 0 Å². The molecular formula is C10H13ClN2. The van der Waals surface area contributed by atoms with Crippen LogP contribution < -0.4 is 0 Å². The van der Waals surface area contributed by atoms with Crippen molar-refractivity contribution in [2.75, 3.05) is 6.54 Å². The molecule has 0 bridgehead atoms. The normalized spacial score (nSPS) is 13.9. The molecule has 0 saturated carbocycles. The van der Waals surface area contributed by atoms with E-state index in [1.54, 1.807) is 0 Å². The standard InChI is InChI=1S/C10H12N2.ClH/c1-2-12-7-8-5-3-4-6-9(8)10(12)11;/h3-6,11H,2,7H2,1H3;1H. The molecule has 0 radical (unpaired) electrons. The summed E-state index contributed by atoms with van der Waals surface area (Å²) in [5.74, 6) is 0.674. The van der Waals surface area contributed by atoms with E-state index in [0.29, 0.717) is 5.84 Å². The summed E-state index contributed by atoms with van der Waals surface area (Å²) in [6, 6.07) is 8.14. The maximum Gasteiger partial charge on any atom is 0.128 e. The van der Waals surface area contributed by atoms with Crippen molar-refractivity contribution in [2.45, 2.75) is 13.5 Å². The second-order valence-electron chi connectivity index (χ2n) is 3.02. The van der Waals surface area contributed by atoms with E-state index in [2.05, 4.69) is 17.9 Å². The van der Waals surface area contributed by atoms with Crippen LogP contribution in [0.3, 0.4) is 0 Å². The summed E-state index contributed by atoms with van der Waals surface area (Å²) in [6.45, 7) is 3.92. The highest BCUT2D eigenvalue weighted by atomic mass is 35.5. The highest BCUT2D eigenvalue weighted by molar-refractivity contribution is 6.00. The highest BCUT2D eigenvalue weighted by Gasteiger charge is 2.21. The van der Waals surface area contributed by atoms with Crippen LogP contribution in [0.25, 0.3) is 0 Å². The van der Waals surface area contributed by atoms with Crippen LogP contribution in [0, 0.1) is 5.41 Å². The molecule has 1 aliphatic heterocycles. The Kier molecular flexibility index (Phi) is 2.94. The van der Waals surface area contributed by atoms with E-state index in [0.717, 1.165) is 18.7 Å². The van der Waals surface area contributed by atoms with E-state index in [4.69, 9.17) is 5.41 Å². The van der Waals surface area contributed by atoms with Crippen LogP contribution in [0.1, 0.15) is 18.1 Å². The van der Waals surface area contributed by atoms with E-state index >= 15 is 0 Å². The Labute approximate surface area is 84.5 Å². The van der Waals surface area contributed by atoms with Gasteiger partial charge in [-0.05, 0) is 12.5 Å². The van der Waals surface area contributed by atoms with Gasteiger partial charge in [0.25, 0.3) is 0 Å². The van der Waals surface area contributed by atoms with Crippen molar-refractivity contribution in [2.24, 2.45) is 0 Å². The van der Waals surface area contributed by atoms with Crippen LogP contribution in [0.15, 0.2) is 24.3 Å². The lowest BCUT2D eigenvalue weighted by atomic mass is 10.1. The van der Waals surface area contributed by atoms with Gasteiger partial charge in [0, 0.05) is 18.7 Å². The minimum Gasteiger partial charge on any atom is -0.353 e. The number of nitrogens with one attached hydrogen (secondary N) is 1. The summed E-state index contributed by atoms with van der Waals surface area (Å²) in [5, 5.41) is 7.81. The van der Waals surface area contributed by atoms with Crippen molar-refractivity contribution in [1.29, 1.82) is 5.41 Å². The number of rotatable bonds is 1. The lowest BCUT2D eigenvalue weighted by Crippen LogP contribution is -2.22. The zero-order valence-corrected chi connectivity index (χ0v) is 8.40. The SMILES string of the molecule is CCN1Cc2ccccc2C1=N.Cl. The van der Waals surface area contributed by atoms with Gasteiger partial charge in [0.05, 0.1) is 0 Å². The van der Waals surface area contributed by atoms with Gasteiger partial charge in [0.15, 0.2) is 0 Å². The van der Waals surface area contributed by atoms with Crippen LogP contribution in [0.2, 0.25) is 0 Å². The molecule has 2 nitrogen and oxygen atoms in total. The molecule has 1 N–H and O–H groups in total. The van der Waals surface area contributed by atoms with E-state index in [-0.39, 0.29) is 12.4 Å². The zero-order valence-electron chi connectivity index (χ0n) is 7.58. The molecule has 0 atom stereocenters. The molecule has 0 saturated heterocycles. The first-order chi connectivity index (χ1) is 5.83. The predicted octanol–water partition coefficient (Wildman–Crippen LogP) is 2.27. The zero-order chi connectivity index (χ0) is 8.55. The summed E-state index contributed by atoms with van der Waals surface area (Å²) < 4.78 is 0. The van der Waals surface area contributed by atoms with Gasteiger partial charge in [0.2, 0.25) is 0 Å². The summed E-state index contributed by atoms with van der Waals surface area (Å²) >= 11 is 0. The van der Waals surface area contributed by atoms with E-state index < -0.39 is 0 Å². The maximum absolute atomic E-state index is 7.81. The van der Waals surface area contributed by atoms with Crippen molar-refractivity contribution >= 4 is 18.2 Å². The van der Waals surface area contributed by atoms with Crippen LogP contribution in [-0.4, -0.2) is 17.3 Å². The highest BCUT2D eigenvalue weighted by Crippen LogP contribution is 2.21. The number of hydrogen-bond acceptors (Lipinski definition) is 1. The third-order valence-corrected chi connectivity index (χ3v) is 2.33. The molecule has 0 aromatic heterocycles. The van der Waals surface area contributed by atoms with Gasteiger partial charge in [-0.3, -0.25) is 5.41 Å². The average Bonchev–Trinajstić information content (AvgIpc) is 2.44. The first-order valence-corrected chi connectivity index (χ1v) is 4.24. The Bertz CT molecular complexity index is 322. The van der Waals surface area contributed by atoms with E-state index in [1.807, 2.05) is 18.2 Å². The smallest absolute Gasteiger partial charge is 0.128 e. The van der Waals surface area contributed by atoms with Crippen LogP contribution in [0.4, 0.5) is 0 Å². The first-order valence-electron chi connectivity index (χ1n) is 4.24. The molecule has 0 spiro atoms. The van der Waals surface area contributed by atoms with Gasteiger partial charge < -0.3 is 4.90 Å². The fourth-order valence-electron chi connectivity index (χ4n) is 1.61. The van der Waals surface area contributed by atoms with Crippen LogP contribution >= 0.6 is 12.4 Å². The Hall–Kier alpha value is -1.02. The summed E-state index contributed by atoms with van der Waals surface area (Å²) in [5.41, 5.74) is 2.38.